The lowest BCUT2D eigenvalue weighted by atomic mass is 9.88. The number of hydrogen-bond donors (Lipinski definition) is 2. The number of benzene rings is 1. The summed E-state index contributed by atoms with van der Waals surface area (Å²) in [6.45, 7) is 5.00. The molecule has 0 saturated carbocycles. The Labute approximate surface area is 126 Å². The van der Waals surface area contributed by atoms with E-state index in [-0.39, 0.29) is 5.56 Å². The maximum Gasteiger partial charge on any atom is 0.343 e. The van der Waals surface area contributed by atoms with Crippen molar-refractivity contribution in [2.75, 3.05) is 0 Å². The van der Waals surface area contributed by atoms with Crippen molar-refractivity contribution < 1.29 is 19.4 Å². The average molecular weight is 307 g/mol. The lowest BCUT2D eigenvalue weighted by molar-refractivity contribution is -0.169. The lowest BCUT2D eigenvalue weighted by Crippen LogP contribution is -2.54. The van der Waals surface area contributed by atoms with E-state index in [1.54, 1.807) is 39.0 Å². The van der Waals surface area contributed by atoms with Gasteiger partial charge in [-0.2, -0.15) is 0 Å². The van der Waals surface area contributed by atoms with Gasteiger partial charge in [0, 0.05) is 10.3 Å². The van der Waals surface area contributed by atoms with Gasteiger partial charge in [0.1, 0.15) is 5.60 Å². The summed E-state index contributed by atoms with van der Waals surface area (Å²) in [5.41, 5.74) is 3.16. The molecular weight excluding hydrogens is 290 g/mol. The van der Waals surface area contributed by atoms with Crippen molar-refractivity contribution in [3.05, 3.63) is 35.2 Å². The number of rotatable bonds is 3. The Bertz CT molecular complexity index is 701. The molecule has 3 N–H and O–H groups in total. The molecule has 1 aromatic carbocycles. The molecule has 5 nitrogen and oxygen atoms in total. The normalized spacial score (nSPS) is 14.7. The molecule has 21 heavy (non-hydrogen) atoms. The lowest BCUT2D eigenvalue weighted by Gasteiger charge is -2.28. The van der Waals surface area contributed by atoms with Crippen molar-refractivity contribution in [1.82, 2.24) is 0 Å². The monoisotopic (exact) mass is 307 g/mol. The Morgan fingerprint density at radius 2 is 1.90 bits per heavy atom. The molecule has 112 valence electrons. The van der Waals surface area contributed by atoms with E-state index in [2.05, 4.69) is 0 Å². The van der Waals surface area contributed by atoms with Crippen LogP contribution in [0.4, 0.5) is 0 Å². The molecule has 1 unspecified atom stereocenters. The van der Waals surface area contributed by atoms with Gasteiger partial charge in [0.05, 0.1) is 0 Å². The van der Waals surface area contributed by atoms with Crippen LogP contribution in [0.3, 0.4) is 0 Å². The molecule has 0 aliphatic carbocycles. The van der Waals surface area contributed by atoms with E-state index in [1.807, 2.05) is 11.4 Å². The molecule has 0 radical (unpaired) electrons. The third-order valence-corrected chi connectivity index (χ3v) is 3.86. The fourth-order valence-corrected chi connectivity index (χ4v) is 2.82. The molecule has 2 aromatic rings. The van der Waals surface area contributed by atoms with Crippen LogP contribution < -0.4 is 5.73 Å². The smallest absolute Gasteiger partial charge is 0.343 e. The first-order valence-electron chi connectivity index (χ1n) is 6.38. The van der Waals surface area contributed by atoms with Crippen molar-refractivity contribution in [2.45, 2.75) is 31.9 Å². The molecular formula is C15H17NO4S. The highest BCUT2D eigenvalue weighted by Crippen LogP contribution is 2.32. The van der Waals surface area contributed by atoms with E-state index >= 15 is 0 Å². The molecule has 1 aromatic heterocycles. The van der Waals surface area contributed by atoms with Crippen molar-refractivity contribution >= 4 is 33.4 Å². The van der Waals surface area contributed by atoms with Gasteiger partial charge in [-0.15, -0.1) is 11.3 Å². The molecule has 0 aliphatic rings. The molecule has 0 fully saturated rings. The molecule has 1 heterocycles. The molecule has 2 rings (SSSR count). The van der Waals surface area contributed by atoms with Crippen LogP contribution in [-0.4, -0.2) is 22.6 Å². The summed E-state index contributed by atoms with van der Waals surface area (Å²) < 4.78 is 6.07. The fourth-order valence-electron chi connectivity index (χ4n) is 2.01. The number of fused-ring (bicyclic) bond motifs is 1. The quantitative estimate of drug-likeness (QED) is 0.671. The van der Waals surface area contributed by atoms with Gasteiger partial charge in [-0.05, 0) is 43.7 Å². The van der Waals surface area contributed by atoms with Gasteiger partial charge in [-0.3, -0.25) is 0 Å². The van der Waals surface area contributed by atoms with E-state index in [0.29, 0.717) is 5.39 Å². The maximum absolute atomic E-state index is 12.4. The second-order valence-corrected chi connectivity index (χ2v) is 6.70. The van der Waals surface area contributed by atoms with E-state index in [0.717, 1.165) is 4.70 Å². The Morgan fingerprint density at radius 1 is 1.24 bits per heavy atom. The number of nitrogens with two attached hydrogens (primary N) is 1. The largest absolute Gasteiger partial charge is 0.479 e. The van der Waals surface area contributed by atoms with E-state index in [4.69, 9.17) is 10.5 Å². The van der Waals surface area contributed by atoms with Gasteiger partial charge in [-0.1, -0.05) is 12.1 Å². The summed E-state index contributed by atoms with van der Waals surface area (Å²) in [5, 5.41) is 12.0. The molecule has 1 atom stereocenters. The second kappa shape index (κ2) is 5.13. The van der Waals surface area contributed by atoms with E-state index in [9.17, 15) is 14.7 Å². The SMILES string of the molecule is CC(C)(C)OC(=O)C(N)(C(=O)O)c1cccc2sccc12. The highest BCUT2D eigenvalue weighted by molar-refractivity contribution is 7.17. The highest BCUT2D eigenvalue weighted by atomic mass is 32.1. The van der Waals surface area contributed by atoms with Gasteiger partial charge in [0.15, 0.2) is 0 Å². The van der Waals surface area contributed by atoms with E-state index in [1.165, 1.54) is 11.3 Å². The first kappa shape index (κ1) is 15.5. The number of carbonyl (C=O) groups is 2. The average Bonchev–Trinajstić information content (AvgIpc) is 2.83. The maximum atomic E-state index is 12.4. The number of esters is 1. The Hall–Kier alpha value is -1.92. The van der Waals surface area contributed by atoms with Gasteiger partial charge in [0.25, 0.3) is 0 Å². The summed E-state index contributed by atoms with van der Waals surface area (Å²) >= 11 is 1.45. The number of hydrogen-bond acceptors (Lipinski definition) is 5. The molecule has 0 saturated heterocycles. The minimum Gasteiger partial charge on any atom is -0.479 e. The molecule has 0 aliphatic heterocycles. The summed E-state index contributed by atoms with van der Waals surface area (Å²) in [5.74, 6) is -2.41. The van der Waals surface area contributed by atoms with Crippen LogP contribution in [0.15, 0.2) is 29.6 Å². The number of carboxylic acids is 1. The van der Waals surface area contributed by atoms with Crippen LogP contribution in [0.5, 0.6) is 0 Å². The number of ether oxygens (including phenoxy) is 1. The third-order valence-electron chi connectivity index (χ3n) is 2.98. The first-order valence-corrected chi connectivity index (χ1v) is 7.26. The van der Waals surface area contributed by atoms with Gasteiger partial charge in [0.2, 0.25) is 5.54 Å². The number of carboxylic acid groups (broad SMARTS) is 1. The Morgan fingerprint density at radius 3 is 2.48 bits per heavy atom. The summed E-state index contributed by atoms with van der Waals surface area (Å²) in [6, 6.07) is 6.83. The predicted octanol–water partition coefficient (Wildman–Crippen LogP) is 2.48. The minimum atomic E-state index is -2.23. The van der Waals surface area contributed by atoms with Crippen molar-refractivity contribution in [3.63, 3.8) is 0 Å². The number of aliphatic carboxylic acids is 1. The summed E-state index contributed by atoms with van der Waals surface area (Å²) in [6.07, 6.45) is 0. The van der Waals surface area contributed by atoms with Crippen LogP contribution in [0.25, 0.3) is 10.1 Å². The van der Waals surface area contributed by atoms with Gasteiger partial charge < -0.3 is 15.6 Å². The highest BCUT2D eigenvalue weighted by Gasteiger charge is 2.48. The standard InChI is InChI=1S/C15H17NO4S/c1-14(2,3)20-13(19)15(16,12(17)18)10-5-4-6-11-9(10)7-8-21-11/h4-8H,16H2,1-3H3,(H,17,18). The second-order valence-electron chi connectivity index (χ2n) is 5.75. The Balaban J connectivity index is 2.60. The summed E-state index contributed by atoms with van der Waals surface area (Å²) in [7, 11) is 0. The fraction of sp³-hybridized carbons (Fsp3) is 0.333. The minimum absolute atomic E-state index is 0.239. The number of thiophene rings is 1. The Kier molecular flexibility index (Phi) is 3.78. The van der Waals surface area contributed by atoms with Crippen LogP contribution in [0, 0.1) is 0 Å². The summed E-state index contributed by atoms with van der Waals surface area (Å²) in [4.78, 5) is 24.1. The van der Waals surface area contributed by atoms with Gasteiger partial charge >= 0.3 is 11.9 Å². The first-order chi connectivity index (χ1) is 9.66. The van der Waals surface area contributed by atoms with Crippen LogP contribution in [0.1, 0.15) is 26.3 Å². The molecule has 6 heteroatoms. The van der Waals surface area contributed by atoms with Crippen molar-refractivity contribution in [3.8, 4) is 0 Å². The number of carbonyl (C=O) groups excluding carboxylic acids is 1. The predicted molar refractivity (Wildman–Crippen MR) is 81.2 cm³/mol. The zero-order valence-corrected chi connectivity index (χ0v) is 12.9. The van der Waals surface area contributed by atoms with Crippen molar-refractivity contribution in [1.29, 1.82) is 0 Å². The van der Waals surface area contributed by atoms with E-state index < -0.39 is 23.1 Å². The molecule has 0 bridgehead atoms. The zero-order valence-electron chi connectivity index (χ0n) is 12.0. The van der Waals surface area contributed by atoms with Crippen LogP contribution >= 0.6 is 11.3 Å². The van der Waals surface area contributed by atoms with Crippen molar-refractivity contribution in [2.24, 2.45) is 5.73 Å². The van der Waals surface area contributed by atoms with Crippen LogP contribution in [0.2, 0.25) is 0 Å². The zero-order chi connectivity index (χ0) is 15.8. The van der Waals surface area contributed by atoms with Crippen LogP contribution in [-0.2, 0) is 19.9 Å². The van der Waals surface area contributed by atoms with Gasteiger partial charge in [-0.25, -0.2) is 9.59 Å². The molecule has 0 spiro atoms. The third kappa shape index (κ3) is 2.77. The molecule has 0 amide bonds. The topological polar surface area (TPSA) is 89.6 Å².